The first-order valence-electron chi connectivity index (χ1n) is 18.1. The van der Waals surface area contributed by atoms with Gasteiger partial charge in [0.05, 0.1) is 30.6 Å². The number of rotatable bonds is 17. The summed E-state index contributed by atoms with van der Waals surface area (Å²) in [6.07, 6.45) is 2.81. The molecule has 8 atom stereocenters. The van der Waals surface area contributed by atoms with Crippen molar-refractivity contribution in [2.24, 2.45) is 11.8 Å². The Morgan fingerprint density at radius 1 is 1.08 bits per heavy atom. The number of allylic oxidation sites excluding steroid dienone is 1. The third-order valence-corrected chi connectivity index (χ3v) is 11.7. The second-order valence-electron chi connectivity index (χ2n) is 13.7. The number of alkyl halides is 1. The lowest BCUT2D eigenvalue weighted by atomic mass is 9.70. The molecule has 280 valence electrons. The van der Waals surface area contributed by atoms with Crippen LogP contribution >= 0.6 is 15.9 Å². The van der Waals surface area contributed by atoms with Crippen LogP contribution in [0.15, 0.2) is 79.9 Å². The lowest BCUT2D eigenvalue weighted by Crippen LogP contribution is -2.57. The molecule has 3 saturated heterocycles. The molecular formula is C40H51BrN4O7. The number of carbonyl (C=O) groups excluding carboxylic acids is 4. The zero-order valence-corrected chi connectivity index (χ0v) is 32.1. The van der Waals surface area contributed by atoms with E-state index in [0.29, 0.717) is 24.1 Å². The Balaban J connectivity index is 1.49. The van der Waals surface area contributed by atoms with Gasteiger partial charge in [-0.05, 0) is 63.4 Å². The average molecular weight is 780 g/mol. The van der Waals surface area contributed by atoms with Crippen LogP contribution in [-0.4, -0.2) is 107 Å². The van der Waals surface area contributed by atoms with Gasteiger partial charge in [0.25, 0.3) is 5.91 Å². The second kappa shape index (κ2) is 16.8. The summed E-state index contributed by atoms with van der Waals surface area (Å²) in [4.78, 5) is 63.1. The maximum Gasteiger partial charge on any atom is 0.313 e. The molecule has 12 heteroatoms. The number of anilines is 2. The smallest absolute Gasteiger partial charge is 0.313 e. The molecule has 0 aliphatic carbocycles. The molecule has 0 saturated carbocycles. The van der Waals surface area contributed by atoms with E-state index in [1.165, 1.54) is 4.90 Å². The van der Waals surface area contributed by atoms with Crippen molar-refractivity contribution in [2.75, 3.05) is 49.6 Å². The minimum atomic E-state index is -1.35. The molecule has 2 aromatic rings. The molecule has 1 N–H and O–H groups in total. The van der Waals surface area contributed by atoms with Gasteiger partial charge in [0.2, 0.25) is 11.8 Å². The number of likely N-dealkylation sites (N-methyl/N-ethyl adjacent to an activating group) is 1. The Bertz CT molecular complexity index is 1620. The second-order valence-corrected chi connectivity index (χ2v) is 14.9. The molecule has 3 aliphatic rings. The highest BCUT2D eigenvalue weighted by molar-refractivity contribution is 9.09. The Hall–Kier alpha value is -4.00. The van der Waals surface area contributed by atoms with Gasteiger partial charge in [0.15, 0.2) is 0 Å². The van der Waals surface area contributed by atoms with Gasteiger partial charge in [0.1, 0.15) is 17.7 Å². The van der Waals surface area contributed by atoms with Gasteiger partial charge in [-0.25, -0.2) is 0 Å². The van der Waals surface area contributed by atoms with Crippen LogP contribution in [0.3, 0.4) is 0 Å². The molecule has 5 rings (SSSR count). The Morgan fingerprint density at radius 3 is 2.33 bits per heavy atom. The van der Waals surface area contributed by atoms with Crippen molar-refractivity contribution in [3.63, 3.8) is 0 Å². The van der Waals surface area contributed by atoms with E-state index in [4.69, 9.17) is 9.47 Å². The topological polar surface area (TPSA) is 120 Å². The van der Waals surface area contributed by atoms with Crippen molar-refractivity contribution >= 4 is 51.0 Å². The summed E-state index contributed by atoms with van der Waals surface area (Å²) in [5.74, 6) is -3.64. The summed E-state index contributed by atoms with van der Waals surface area (Å²) in [5, 5.41) is 10.1. The summed E-state index contributed by atoms with van der Waals surface area (Å²) in [5.41, 5.74) is 0.994. The van der Waals surface area contributed by atoms with Crippen LogP contribution < -0.4 is 9.80 Å². The van der Waals surface area contributed by atoms with Crippen LogP contribution in [0.2, 0.25) is 0 Å². The number of esters is 1. The zero-order valence-electron chi connectivity index (χ0n) is 30.5. The average Bonchev–Trinajstić information content (AvgIpc) is 3.75. The number of hydrogen-bond donors (Lipinski definition) is 1. The minimum Gasteiger partial charge on any atom is -0.455 e. The third-order valence-electron chi connectivity index (χ3n) is 10.9. The van der Waals surface area contributed by atoms with Gasteiger partial charge in [-0.2, -0.15) is 0 Å². The molecule has 3 heterocycles. The van der Waals surface area contributed by atoms with Crippen LogP contribution in [0, 0.1) is 11.8 Å². The first kappa shape index (κ1) is 39.2. The molecular weight excluding hydrogens is 728 g/mol. The highest BCUT2D eigenvalue weighted by Gasteiger charge is 2.77. The summed E-state index contributed by atoms with van der Waals surface area (Å²) < 4.78 is 13.0. The number of nitrogens with zero attached hydrogens (tertiary/aromatic N) is 4. The van der Waals surface area contributed by atoms with E-state index >= 15 is 0 Å². The van der Waals surface area contributed by atoms with E-state index in [9.17, 15) is 24.3 Å². The lowest BCUT2D eigenvalue weighted by Gasteiger charge is -2.37. The quantitative estimate of drug-likeness (QED) is 0.137. The van der Waals surface area contributed by atoms with Crippen LogP contribution in [0.1, 0.15) is 51.7 Å². The number of benzene rings is 2. The van der Waals surface area contributed by atoms with E-state index < -0.39 is 53.6 Å². The van der Waals surface area contributed by atoms with Crippen LogP contribution in [0.25, 0.3) is 0 Å². The van der Waals surface area contributed by atoms with E-state index in [1.807, 2.05) is 61.5 Å². The summed E-state index contributed by atoms with van der Waals surface area (Å²) in [7, 11) is 1.68. The fourth-order valence-electron chi connectivity index (χ4n) is 8.18. The fraction of sp³-hybridized carbons (Fsp3) is 0.500. The molecule has 2 aromatic carbocycles. The van der Waals surface area contributed by atoms with E-state index in [0.717, 1.165) is 18.8 Å². The van der Waals surface area contributed by atoms with Crippen molar-refractivity contribution in [3.05, 3.63) is 85.5 Å². The highest BCUT2D eigenvalue weighted by Crippen LogP contribution is 2.60. The molecule has 0 radical (unpaired) electrons. The number of fused-ring (bicyclic) bond motifs is 1. The maximum absolute atomic E-state index is 14.8. The summed E-state index contributed by atoms with van der Waals surface area (Å²) >= 11 is 3.73. The molecule has 52 heavy (non-hydrogen) atoms. The van der Waals surface area contributed by atoms with E-state index in [-0.39, 0.29) is 42.8 Å². The Kier molecular flexibility index (Phi) is 12.6. The van der Waals surface area contributed by atoms with E-state index in [2.05, 4.69) is 47.8 Å². The number of halogens is 1. The fourth-order valence-corrected chi connectivity index (χ4v) is 9.12. The number of aliphatic hydroxyl groups excluding tert-OH is 1. The number of β-amino-alcohol motifs (C(OH)–C–C–N with tert-alkyl or cyclic N) is 1. The highest BCUT2D eigenvalue weighted by atomic mass is 79.9. The van der Waals surface area contributed by atoms with Gasteiger partial charge < -0.3 is 34.2 Å². The summed E-state index contributed by atoms with van der Waals surface area (Å²) in [6.45, 7) is 14.9. The largest absolute Gasteiger partial charge is 0.455 e. The lowest BCUT2D eigenvalue weighted by molar-refractivity contribution is -0.164. The predicted molar refractivity (Wildman–Crippen MR) is 204 cm³/mol. The van der Waals surface area contributed by atoms with Gasteiger partial charge >= 0.3 is 5.97 Å². The van der Waals surface area contributed by atoms with Crippen molar-refractivity contribution in [1.29, 1.82) is 0 Å². The standard InChI is InChI=1S/C40H51BrN4O7/c1-7-11-17-31(47)42(6)26(5)34(27-15-13-12-14-16-27)51-39(50)32-33-37(48)45(23-24-46)36(40(33)25-30(41)35(32)52-40)38(49)44(22-8-2)29-20-18-28(19-21-29)43(9-3)10-4/h7-8,12-16,18-21,26,30,32-36,46H,1-2,9-11,17,22-25H2,3-6H3/t26-,30?,32-,33+,34+,35-,36-,40+/m0/s1. The number of likely N-dealkylation sites (tertiary alicyclic amines) is 1. The minimum absolute atomic E-state index is 0.111. The first-order chi connectivity index (χ1) is 25.0. The Labute approximate surface area is 315 Å². The van der Waals surface area contributed by atoms with Gasteiger partial charge in [-0.3, -0.25) is 19.2 Å². The number of ether oxygens (including phenoxy) is 2. The number of amides is 3. The van der Waals surface area contributed by atoms with Crippen molar-refractivity contribution in [1.82, 2.24) is 9.80 Å². The molecule has 0 aromatic heterocycles. The summed E-state index contributed by atoms with van der Waals surface area (Å²) in [6, 6.07) is 15.2. The molecule has 3 aliphatic heterocycles. The molecule has 1 unspecified atom stereocenters. The van der Waals surface area contributed by atoms with Gasteiger partial charge in [-0.15, -0.1) is 13.2 Å². The molecule has 3 fully saturated rings. The van der Waals surface area contributed by atoms with Crippen LogP contribution in [0.4, 0.5) is 11.4 Å². The molecule has 11 nitrogen and oxygen atoms in total. The number of hydrogen-bond acceptors (Lipinski definition) is 8. The SMILES string of the molecule is C=CCCC(=O)N(C)[C@@H](C)[C@@H](OC(=O)[C@@H]1[C@H]2O[C@@]3(CC2Br)[C@H](C(=O)N(CC=C)c2ccc(N(CC)CC)cc2)N(CCO)C(=O)[C@@H]13)c1ccccc1. The van der Waals surface area contributed by atoms with Gasteiger partial charge in [-0.1, -0.05) is 58.4 Å². The third kappa shape index (κ3) is 7.17. The number of aliphatic hydroxyl groups is 1. The first-order valence-corrected chi connectivity index (χ1v) is 19.0. The molecule has 1 spiro atoms. The monoisotopic (exact) mass is 778 g/mol. The van der Waals surface area contributed by atoms with Gasteiger partial charge in [0, 0.05) is 55.8 Å². The van der Waals surface area contributed by atoms with Crippen molar-refractivity contribution in [2.45, 2.75) is 74.8 Å². The van der Waals surface area contributed by atoms with Crippen LogP contribution in [0.5, 0.6) is 0 Å². The van der Waals surface area contributed by atoms with Crippen molar-refractivity contribution in [3.8, 4) is 0 Å². The molecule has 3 amide bonds. The Morgan fingerprint density at radius 2 is 1.73 bits per heavy atom. The van der Waals surface area contributed by atoms with Crippen molar-refractivity contribution < 1.29 is 33.8 Å². The predicted octanol–water partition coefficient (Wildman–Crippen LogP) is 4.89. The maximum atomic E-state index is 14.8. The van der Waals surface area contributed by atoms with Crippen LogP contribution in [-0.2, 0) is 28.7 Å². The normalized spacial score (nSPS) is 25.6. The number of carbonyl (C=O) groups is 4. The molecule has 2 bridgehead atoms. The zero-order chi connectivity index (χ0) is 37.7. The van der Waals surface area contributed by atoms with E-state index in [1.54, 1.807) is 29.0 Å².